The highest BCUT2D eigenvalue weighted by atomic mass is 79.9. The van der Waals surface area contributed by atoms with Crippen molar-refractivity contribution in [3.05, 3.63) is 45.6 Å². The summed E-state index contributed by atoms with van der Waals surface area (Å²) in [6.45, 7) is 0. The number of anilines is 1. The lowest BCUT2D eigenvalue weighted by molar-refractivity contribution is -0.116. The van der Waals surface area contributed by atoms with Gasteiger partial charge in [0.2, 0.25) is 11.1 Å². The van der Waals surface area contributed by atoms with Crippen LogP contribution in [0.5, 0.6) is 0 Å². The van der Waals surface area contributed by atoms with Gasteiger partial charge in [0.25, 0.3) is 0 Å². The predicted octanol–water partition coefficient (Wildman–Crippen LogP) is 3.78. The van der Waals surface area contributed by atoms with Gasteiger partial charge < -0.3 is 5.32 Å². The second-order valence-corrected chi connectivity index (χ2v) is 7.30. The van der Waals surface area contributed by atoms with Crippen molar-refractivity contribution in [1.82, 2.24) is 14.8 Å². The van der Waals surface area contributed by atoms with Crippen molar-refractivity contribution < 1.29 is 4.79 Å². The fraction of sp³-hybridized carbons (Fsp3) is 0.312. The number of thioether (sulfide) groups is 1. The largest absolute Gasteiger partial charge is 0.328 e. The molecular weight excluding hydrogens is 376 g/mol. The molecule has 118 valence electrons. The Kier molecular flexibility index (Phi) is 3.77. The van der Waals surface area contributed by atoms with Gasteiger partial charge in [0.15, 0.2) is 5.78 Å². The van der Waals surface area contributed by atoms with Crippen LogP contribution in [0.4, 0.5) is 5.95 Å². The van der Waals surface area contributed by atoms with E-state index in [0.717, 1.165) is 40.1 Å². The predicted molar refractivity (Wildman–Crippen MR) is 93.6 cm³/mol. The quantitative estimate of drug-likeness (QED) is 0.790. The van der Waals surface area contributed by atoms with E-state index >= 15 is 0 Å². The molecule has 5 nitrogen and oxygen atoms in total. The second-order valence-electron chi connectivity index (χ2n) is 5.61. The van der Waals surface area contributed by atoms with Gasteiger partial charge >= 0.3 is 0 Å². The summed E-state index contributed by atoms with van der Waals surface area (Å²) in [5.41, 5.74) is 2.89. The number of hydrogen-bond acceptors (Lipinski definition) is 5. The summed E-state index contributed by atoms with van der Waals surface area (Å²) >= 11 is 4.97. The van der Waals surface area contributed by atoms with Gasteiger partial charge in [-0.2, -0.15) is 4.98 Å². The van der Waals surface area contributed by atoms with Crippen molar-refractivity contribution in [1.29, 1.82) is 0 Å². The van der Waals surface area contributed by atoms with E-state index in [-0.39, 0.29) is 11.8 Å². The molecule has 1 aromatic heterocycles. The van der Waals surface area contributed by atoms with Crippen LogP contribution < -0.4 is 5.32 Å². The molecule has 0 saturated carbocycles. The number of ketones is 1. The Hall–Kier alpha value is -1.60. The summed E-state index contributed by atoms with van der Waals surface area (Å²) in [5, 5.41) is 8.61. The molecule has 7 heteroatoms. The van der Waals surface area contributed by atoms with Crippen molar-refractivity contribution >= 4 is 39.4 Å². The van der Waals surface area contributed by atoms with Gasteiger partial charge in [-0.1, -0.05) is 39.8 Å². The molecule has 1 aliphatic heterocycles. The molecule has 0 spiro atoms. The third-order valence-electron chi connectivity index (χ3n) is 4.22. The Morgan fingerprint density at radius 3 is 2.83 bits per heavy atom. The minimum absolute atomic E-state index is 0.199. The number of Topliss-reactive ketones (excluding diaryl/α,β-unsaturated/α-hetero) is 1. The lowest BCUT2D eigenvalue weighted by Gasteiger charge is -2.32. The maximum atomic E-state index is 12.6. The summed E-state index contributed by atoms with van der Waals surface area (Å²) in [6.07, 6.45) is 4.33. The van der Waals surface area contributed by atoms with E-state index in [0.29, 0.717) is 11.6 Å². The third kappa shape index (κ3) is 2.52. The molecule has 0 fully saturated rings. The molecule has 1 aliphatic carbocycles. The molecule has 0 amide bonds. The molecule has 2 heterocycles. The fourth-order valence-electron chi connectivity index (χ4n) is 3.18. The first kappa shape index (κ1) is 15.0. The number of carbonyl (C=O) groups excluding carboxylic acids is 1. The third-order valence-corrected chi connectivity index (χ3v) is 5.28. The first-order valence-corrected chi connectivity index (χ1v) is 9.48. The molecule has 0 bridgehead atoms. The van der Waals surface area contributed by atoms with E-state index in [1.807, 2.05) is 35.2 Å². The lowest BCUT2D eigenvalue weighted by atomic mass is 9.85. The summed E-state index contributed by atoms with van der Waals surface area (Å²) in [7, 11) is 0. The molecule has 0 radical (unpaired) electrons. The van der Waals surface area contributed by atoms with E-state index in [9.17, 15) is 4.79 Å². The zero-order chi connectivity index (χ0) is 16.0. The van der Waals surface area contributed by atoms with Gasteiger partial charge in [-0.3, -0.25) is 4.79 Å². The topological polar surface area (TPSA) is 59.8 Å². The van der Waals surface area contributed by atoms with E-state index in [1.165, 1.54) is 11.8 Å². The Morgan fingerprint density at radius 1 is 1.30 bits per heavy atom. The van der Waals surface area contributed by atoms with Crippen molar-refractivity contribution in [2.45, 2.75) is 30.5 Å². The molecule has 0 saturated heterocycles. The Morgan fingerprint density at radius 2 is 2.09 bits per heavy atom. The van der Waals surface area contributed by atoms with Gasteiger partial charge in [-0.15, -0.1) is 5.10 Å². The van der Waals surface area contributed by atoms with E-state index in [1.54, 1.807) is 0 Å². The number of carbonyl (C=O) groups is 1. The van der Waals surface area contributed by atoms with Crippen LogP contribution in [0, 0.1) is 0 Å². The first-order valence-electron chi connectivity index (χ1n) is 7.46. The van der Waals surface area contributed by atoms with Crippen LogP contribution in [-0.2, 0) is 4.79 Å². The number of rotatable bonds is 2. The van der Waals surface area contributed by atoms with E-state index in [2.05, 4.69) is 31.3 Å². The highest BCUT2D eigenvalue weighted by Crippen LogP contribution is 2.40. The van der Waals surface area contributed by atoms with Crippen LogP contribution in [0.1, 0.15) is 30.9 Å². The van der Waals surface area contributed by atoms with Crippen LogP contribution in [0.25, 0.3) is 0 Å². The van der Waals surface area contributed by atoms with Crippen molar-refractivity contribution in [3.63, 3.8) is 0 Å². The molecule has 1 N–H and O–H groups in total. The molecule has 1 aromatic carbocycles. The molecule has 1 atom stereocenters. The van der Waals surface area contributed by atoms with Crippen LogP contribution >= 0.6 is 27.7 Å². The number of fused-ring (bicyclic) bond motifs is 1. The second kappa shape index (κ2) is 5.79. The molecule has 1 unspecified atom stereocenters. The molecule has 23 heavy (non-hydrogen) atoms. The van der Waals surface area contributed by atoms with Crippen LogP contribution in [-0.4, -0.2) is 26.8 Å². The summed E-state index contributed by atoms with van der Waals surface area (Å²) in [4.78, 5) is 17.1. The fourth-order valence-corrected chi connectivity index (χ4v) is 3.79. The maximum Gasteiger partial charge on any atom is 0.227 e. The van der Waals surface area contributed by atoms with Gasteiger partial charge in [0, 0.05) is 22.2 Å². The van der Waals surface area contributed by atoms with Crippen molar-refractivity contribution in [2.75, 3.05) is 11.6 Å². The Labute approximate surface area is 146 Å². The lowest BCUT2D eigenvalue weighted by Crippen LogP contribution is -2.31. The van der Waals surface area contributed by atoms with E-state index < -0.39 is 0 Å². The summed E-state index contributed by atoms with van der Waals surface area (Å²) in [5.74, 6) is 0.925. The number of benzene rings is 1. The normalized spacial score (nSPS) is 20.1. The molecule has 2 aliphatic rings. The highest BCUT2D eigenvalue weighted by Gasteiger charge is 2.36. The Bertz CT molecular complexity index is 812. The number of nitrogens with zero attached hydrogens (tertiary/aromatic N) is 3. The van der Waals surface area contributed by atoms with Gasteiger partial charge in [0.1, 0.15) is 6.04 Å². The van der Waals surface area contributed by atoms with Crippen LogP contribution in [0.2, 0.25) is 0 Å². The van der Waals surface area contributed by atoms with Crippen molar-refractivity contribution in [3.8, 4) is 0 Å². The number of aromatic nitrogens is 3. The zero-order valence-corrected chi connectivity index (χ0v) is 14.9. The van der Waals surface area contributed by atoms with Crippen LogP contribution in [0.3, 0.4) is 0 Å². The average Bonchev–Trinajstić information content (AvgIpc) is 2.97. The van der Waals surface area contributed by atoms with Crippen LogP contribution in [0.15, 0.2) is 45.2 Å². The zero-order valence-electron chi connectivity index (χ0n) is 12.5. The first-order chi connectivity index (χ1) is 11.2. The Balaban J connectivity index is 1.90. The standard InChI is InChI=1S/C16H15BrN4OS/c1-23-16-19-15-18-11-3-2-4-12(22)13(11)14(21(15)20-16)9-5-7-10(17)8-6-9/h5-8,14H,2-4H2,1H3,(H,18,19,20). The monoisotopic (exact) mass is 390 g/mol. The minimum Gasteiger partial charge on any atom is -0.328 e. The summed E-state index contributed by atoms with van der Waals surface area (Å²) < 4.78 is 2.86. The minimum atomic E-state index is -0.199. The molecule has 2 aromatic rings. The smallest absolute Gasteiger partial charge is 0.227 e. The molecular formula is C16H15BrN4OS. The van der Waals surface area contributed by atoms with Gasteiger partial charge in [-0.25, -0.2) is 4.68 Å². The highest BCUT2D eigenvalue weighted by molar-refractivity contribution is 9.10. The molecule has 4 rings (SSSR count). The number of halogens is 1. The van der Waals surface area contributed by atoms with Crippen molar-refractivity contribution in [2.24, 2.45) is 0 Å². The van der Waals surface area contributed by atoms with Gasteiger partial charge in [-0.05, 0) is 36.8 Å². The van der Waals surface area contributed by atoms with E-state index in [4.69, 9.17) is 0 Å². The maximum absolute atomic E-state index is 12.6. The number of hydrogen-bond donors (Lipinski definition) is 1. The average molecular weight is 391 g/mol. The van der Waals surface area contributed by atoms with Gasteiger partial charge in [0.05, 0.1) is 0 Å². The SMILES string of the molecule is CSc1nc2n(n1)C(c1ccc(Br)cc1)C1=C(CCCC1=O)N2. The number of nitrogens with one attached hydrogen (secondary N) is 1. The number of allylic oxidation sites excluding steroid dienone is 2. The summed E-state index contributed by atoms with van der Waals surface area (Å²) in [6, 6.07) is 7.87.